The number of carbonyl (C=O) groups is 2. The summed E-state index contributed by atoms with van der Waals surface area (Å²) in [6.45, 7) is 11.8. The van der Waals surface area contributed by atoms with Crippen LogP contribution in [0.15, 0.2) is 0 Å². The van der Waals surface area contributed by atoms with Crippen LogP contribution in [0.5, 0.6) is 0 Å². The molecule has 2 rings (SSSR count). The zero-order chi connectivity index (χ0) is 16.5. The lowest BCUT2D eigenvalue weighted by molar-refractivity contribution is -0.136. The molecule has 2 aliphatic rings. The van der Waals surface area contributed by atoms with Crippen LogP contribution >= 0.6 is 0 Å². The predicted octanol–water partition coefficient (Wildman–Crippen LogP) is 3.31. The summed E-state index contributed by atoms with van der Waals surface area (Å²) in [7, 11) is 0. The molecule has 4 heteroatoms. The van der Waals surface area contributed by atoms with Crippen LogP contribution in [-0.4, -0.2) is 47.8 Å². The molecule has 0 aromatic carbocycles. The van der Waals surface area contributed by atoms with Crippen LogP contribution in [0.3, 0.4) is 0 Å². The van der Waals surface area contributed by atoms with Gasteiger partial charge in [-0.25, -0.2) is 0 Å². The van der Waals surface area contributed by atoms with Crippen LogP contribution in [0.4, 0.5) is 0 Å². The molecule has 128 valence electrons. The van der Waals surface area contributed by atoms with Crippen LogP contribution < -0.4 is 0 Å². The first kappa shape index (κ1) is 19.0. The monoisotopic (exact) mass is 310 g/mol. The Kier molecular flexibility index (Phi) is 8.51. The fourth-order valence-electron chi connectivity index (χ4n) is 2.96. The summed E-state index contributed by atoms with van der Waals surface area (Å²) in [5.41, 5.74) is 0. The van der Waals surface area contributed by atoms with Gasteiger partial charge in [-0.3, -0.25) is 9.59 Å². The number of likely N-dealkylation sites (tertiary alicyclic amines) is 2. The lowest BCUT2D eigenvalue weighted by Crippen LogP contribution is -2.38. The van der Waals surface area contributed by atoms with E-state index in [0.717, 1.165) is 26.2 Å². The number of hydrogen-bond donors (Lipinski definition) is 0. The highest BCUT2D eigenvalue weighted by Gasteiger charge is 2.19. The van der Waals surface area contributed by atoms with E-state index in [1.165, 1.54) is 38.5 Å². The van der Waals surface area contributed by atoms with Crippen LogP contribution in [-0.2, 0) is 9.59 Å². The Morgan fingerprint density at radius 3 is 1.09 bits per heavy atom. The average Bonchev–Trinajstić information content (AvgIpc) is 2.55. The summed E-state index contributed by atoms with van der Waals surface area (Å²) < 4.78 is 0. The van der Waals surface area contributed by atoms with Crippen molar-refractivity contribution in [1.82, 2.24) is 9.80 Å². The number of hydrogen-bond acceptors (Lipinski definition) is 2. The number of piperidine rings is 2. The van der Waals surface area contributed by atoms with E-state index in [4.69, 9.17) is 0 Å². The Hall–Kier alpha value is -1.06. The quantitative estimate of drug-likeness (QED) is 0.785. The molecule has 0 spiro atoms. The SMILES string of the molecule is CC(C)C(=O)N1CCCCC1.CC(C)C(=O)N1CCCCC1. The second-order valence-electron chi connectivity index (χ2n) is 7.08. The molecule has 4 nitrogen and oxygen atoms in total. The number of carbonyl (C=O) groups excluding carboxylic acids is 2. The molecule has 0 aliphatic carbocycles. The molecule has 0 aromatic rings. The first-order valence-electron chi connectivity index (χ1n) is 9.01. The van der Waals surface area contributed by atoms with E-state index < -0.39 is 0 Å². The Bertz CT molecular complexity index is 307. The lowest BCUT2D eigenvalue weighted by Gasteiger charge is -2.28. The maximum atomic E-state index is 11.4. The van der Waals surface area contributed by atoms with Gasteiger partial charge in [0.1, 0.15) is 0 Å². The zero-order valence-corrected chi connectivity index (χ0v) is 14.9. The maximum absolute atomic E-state index is 11.4. The van der Waals surface area contributed by atoms with Gasteiger partial charge in [-0.2, -0.15) is 0 Å². The van der Waals surface area contributed by atoms with Gasteiger partial charge in [0.15, 0.2) is 0 Å². The number of amides is 2. The smallest absolute Gasteiger partial charge is 0.225 e. The highest BCUT2D eigenvalue weighted by Crippen LogP contribution is 2.12. The highest BCUT2D eigenvalue weighted by atomic mass is 16.2. The van der Waals surface area contributed by atoms with E-state index in [1.54, 1.807) is 0 Å². The molecule has 22 heavy (non-hydrogen) atoms. The van der Waals surface area contributed by atoms with Crippen LogP contribution in [0.1, 0.15) is 66.2 Å². The fraction of sp³-hybridized carbons (Fsp3) is 0.889. The van der Waals surface area contributed by atoms with Crippen molar-refractivity contribution < 1.29 is 9.59 Å². The molecule has 0 radical (unpaired) electrons. The molecule has 0 atom stereocenters. The topological polar surface area (TPSA) is 40.6 Å². The van der Waals surface area contributed by atoms with Gasteiger partial charge >= 0.3 is 0 Å². The van der Waals surface area contributed by atoms with E-state index >= 15 is 0 Å². The van der Waals surface area contributed by atoms with Crippen molar-refractivity contribution in [2.45, 2.75) is 66.2 Å². The Morgan fingerprint density at radius 1 is 0.591 bits per heavy atom. The normalized spacial score (nSPS) is 19.0. The van der Waals surface area contributed by atoms with E-state index in [2.05, 4.69) is 0 Å². The summed E-state index contributed by atoms with van der Waals surface area (Å²) >= 11 is 0. The second kappa shape index (κ2) is 9.86. The van der Waals surface area contributed by atoms with Crippen molar-refractivity contribution in [2.75, 3.05) is 26.2 Å². The Labute approximate surface area is 136 Å². The third-order valence-electron chi connectivity index (χ3n) is 4.32. The molecule has 2 amide bonds. The van der Waals surface area contributed by atoms with Gasteiger partial charge in [0.05, 0.1) is 0 Å². The first-order chi connectivity index (χ1) is 10.4. The van der Waals surface area contributed by atoms with Crippen LogP contribution in [0, 0.1) is 11.8 Å². The highest BCUT2D eigenvalue weighted by molar-refractivity contribution is 5.78. The minimum Gasteiger partial charge on any atom is -0.342 e. The molecular formula is C18H34N2O2. The average molecular weight is 310 g/mol. The predicted molar refractivity (Wildman–Crippen MR) is 90.5 cm³/mol. The van der Waals surface area contributed by atoms with Crippen LogP contribution in [0.25, 0.3) is 0 Å². The minimum atomic E-state index is 0.174. The van der Waals surface area contributed by atoms with E-state index in [-0.39, 0.29) is 11.8 Å². The minimum absolute atomic E-state index is 0.174. The number of nitrogens with zero attached hydrogens (tertiary/aromatic N) is 2. The molecule has 2 saturated heterocycles. The first-order valence-corrected chi connectivity index (χ1v) is 9.01. The maximum Gasteiger partial charge on any atom is 0.225 e. The van der Waals surface area contributed by atoms with Gasteiger partial charge in [-0.15, -0.1) is 0 Å². The van der Waals surface area contributed by atoms with Gasteiger partial charge < -0.3 is 9.80 Å². The molecule has 2 aliphatic heterocycles. The van der Waals surface area contributed by atoms with Crippen molar-refractivity contribution in [2.24, 2.45) is 11.8 Å². The summed E-state index contributed by atoms with van der Waals surface area (Å²) in [5, 5.41) is 0. The molecule has 0 unspecified atom stereocenters. The van der Waals surface area contributed by atoms with Crippen molar-refractivity contribution in [3.63, 3.8) is 0 Å². The van der Waals surface area contributed by atoms with Crippen LogP contribution in [0.2, 0.25) is 0 Å². The summed E-state index contributed by atoms with van der Waals surface area (Å²) in [6, 6.07) is 0. The largest absolute Gasteiger partial charge is 0.342 e. The Balaban J connectivity index is 0.000000220. The molecule has 2 heterocycles. The third-order valence-corrected chi connectivity index (χ3v) is 4.32. The molecule has 0 bridgehead atoms. The molecule has 0 N–H and O–H groups in total. The van der Waals surface area contributed by atoms with Crippen molar-refractivity contribution >= 4 is 11.8 Å². The zero-order valence-electron chi connectivity index (χ0n) is 14.9. The standard InChI is InChI=1S/2C9H17NO/c2*1-8(2)9(11)10-6-4-3-5-7-10/h2*8H,3-7H2,1-2H3. The van der Waals surface area contributed by atoms with Gasteiger partial charge in [0.2, 0.25) is 11.8 Å². The van der Waals surface area contributed by atoms with Crippen molar-refractivity contribution in [1.29, 1.82) is 0 Å². The lowest BCUT2D eigenvalue weighted by atomic mass is 10.1. The van der Waals surface area contributed by atoms with Gasteiger partial charge in [0, 0.05) is 38.0 Å². The summed E-state index contributed by atoms with van der Waals surface area (Å²) in [5.74, 6) is 0.996. The summed E-state index contributed by atoms with van der Waals surface area (Å²) in [4.78, 5) is 26.8. The molecule has 2 fully saturated rings. The van der Waals surface area contributed by atoms with E-state index in [0.29, 0.717) is 11.8 Å². The van der Waals surface area contributed by atoms with Crippen molar-refractivity contribution in [3.05, 3.63) is 0 Å². The Morgan fingerprint density at radius 2 is 0.864 bits per heavy atom. The second-order valence-corrected chi connectivity index (χ2v) is 7.08. The van der Waals surface area contributed by atoms with E-state index in [1.807, 2.05) is 37.5 Å². The number of rotatable bonds is 2. The molecule has 0 aromatic heterocycles. The van der Waals surface area contributed by atoms with E-state index in [9.17, 15) is 9.59 Å². The molecular weight excluding hydrogens is 276 g/mol. The third kappa shape index (κ3) is 6.37. The van der Waals surface area contributed by atoms with Gasteiger partial charge in [0.25, 0.3) is 0 Å². The fourth-order valence-corrected chi connectivity index (χ4v) is 2.96. The van der Waals surface area contributed by atoms with Gasteiger partial charge in [-0.1, -0.05) is 27.7 Å². The van der Waals surface area contributed by atoms with Crippen molar-refractivity contribution in [3.8, 4) is 0 Å². The molecule has 0 saturated carbocycles. The van der Waals surface area contributed by atoms with Gasteiger partial charge in [-0.05, 0) is 38.5 Å². The summed E-state index contributed by atoms with van der Waals surface area (Å²) in [6.07, 6.45) is 7.36.